The van der Waals surface area contributed by atoms with Crippen LogP contribution in [0.4, 0.5) is 0 Å². The second-order valence-electron chi connectivity index (χ2n) is 3.58. The molecular formula is C9H12O3. The smallest absolute Gasteiger partial charge is 0.210 e. The second-order valence-corrected chi connectivity index (χ2v) is 3.58. The molecule has 0 aromatic carbocycles. The molecule has 0 aromatic rings. The molecule has 0 fully saturated rings. The van der Waals surface area contributed by atoms with Crippen molar-refractivity contribution in [1.82, 2.24) is 0 Å². The lowest BCUT2D eigenvalue weighted by atomic mass is 9.81. The van der Waals surface area contributed by atoms with E-state index in [0.717, 1.165) is 0 Å². The van der Waals surface area contributed by atoms with E-state index in [1.807, 2.05) is 0 Å². The SMILES string of the molecule is CC1=CC(C)(C)C(=O)C(O)=C1O. The van der Waals surface area contributed by atoms with Crippen LogP contribution in [-0.2, 0) is 4.79 Å². The minimum Gasteiger partial charge on any atom is -0.504 e. The maximum absolute atomic E-state index is 11.3. The van der Waals surface area contributed by atoms with Gasteiger partial charge in [0.2, 0.25) is 11.5 Å². The highest BCUT2D eigenvalue weighted by atomic mass is 16.3. The quantitative estimate of drug-likeness (QED) is 0.580. The maximum atomic E-state index is 11.3. The van der Waals surface area contributed by atoms with Crippen LogP contribution in [0.5, 0.6) is 0 Å². The third-order valence-corrected chi connectivity index (χ3v) is 1.98. The van der Waals surface area contributed by atoms with Gasteiger partial charge in [-0.3, -0.25) is 4.79 Å². The summed E-state index contributed by atoms with van der Waals surface area (Å²) in [6, 6.07) is 0. The Morgan fingerprint density at radius 2 is 1.75 bits per heavy atom. The van der Waals surface area contributed by atoms with Gasteiger partial charge >= 0.3 is 0 Å². The highest BCUT2D eigenvalue weighted by Gasteiger charge is 2.34. The molecule has 3 nitrogen and oxygen atoms in total. The van der Waals surface area contributed by atoms with Crippen molar-refractivity contribution in [1.29, 1.82) is 0 Å². The summed E-state index contributed by atoms with van der Waals surface area (Å²) in [6.45, 7) is 5.04. The summed E-state index contributed by atoms with van der Waals surface area (Å²) in [5, 5.41) is 18.4. The first-order valence-electron chi connectivity index (χ1n) is 3.73. The van der Waals surface area contributed by atoms with Crippen LogP contribution >= 0.6 is 0 Å². The van der Waals surface area contributed by atoms with Crippen LogP contribution in [0.25, 0.3) is 0 Å². The molecule has 0 atom stereocenters. The summed E-state index contributed by atoms with van der Waals surface area (Å²) < 4.78 is 0. The van der Waals surface area contributed by atoms with Crippen LogP contribution in [0.2, 0.25) is 0 Å². The van der Waals surface area contributed by atoms with E-state index in [2.05, 4.69) is 0 Å². The summed E-state index contributed by atoms with van der Waals surface area (Å²) in [5.41, 5.74) is -0.169. The van der Waals surface area contributed by atoms with Gasteiger partial charge in [0.25, 0.3) is 0 Å². The molecule has 0 saturated heterocycles. The minimum atomic E-state index is -0.708. The average Bonchev–Trinajstić information content (AvgIpc) is 1.97. The predicted molar refractivity (Wildman–Crippen MR) is 44.8 cm³/mol. The van der Waals surface area contributed by atoms with E-state index in [0.29, 0.717) is 5.57 Å². The van der Waals surface area contributed by atoms with Crippen LogP contribution in [0.1, 0.15) is 20.8 Å². The largest absolute Gasteiger partial charge is 0.504 e. The monoisotopic (exact) mass is 168 g/mol. The lowest BCUT2D eigenvalue weighted by Gasteiger charge is -2.23. The van der Waals surface area contributed by atoms with Crippen molar-refractivity contribution in [2.75, 3.05) is 0 Å². The van der Waals surface area contributed by atoms with E-state index in [9.17, 15) is 15.0 Å². The Labute approximate surface area is 71.0 Å². The molecule has 0 radical (unpaired) electrons. The molecule has 0 unspecified atom stereocenters. The normalized spacial score (nSPS) is 22.6. The van der Waals surface area contributed by atoms with Gasteiger partial charge in [-0.2, -0.15) is 0 Å². The summed E-state index contributed by atoms with van der Waals surface area (Å²) in [6.07, 6.45) is 1.64. The van der Waals surface area contributed by atoms with E-state index >= 15 is 0 Å². The molecule has 66 valence electrons. The van der Waals surface area contributed by atoms with Crippen LogP contribution in [0, 0.1) is 5.41 Å². The number of ketones is 1. The molecule has 1 aliphatic rings. The Balaban J connectivity index is 3.24. The van der Waals surface area contributed by atoms with E-state index in [4.69, 9.17) is 0 Å². The summed E-state index contributed by atoms with van der Waals surface area (Å²) in [4.78, 5) is 11.3. The molecule has 0 aromatic heterocycles. The molecular weight excluding hydrogens is 156 g/mol. The first-order chi connectivity index (χ1) is 5.36. The van der Waals surface area contributed by atoms with Crippen molar-refractivity contribution < 1.29 is 15.0 Å². The zero-order valence-electron chi connectivity index (χ0n) is 7.38. The Morgan fingerprint density at radius 3 is 2.25 bits per heavy atom. The Morgan fingerprint density at radius 1 is 1.25 bits per heavy atom. The number of allylic oxidation sites excluding steroid dienone is 3. The zero-order chi connectivity index (χ0) is 9.52. The number of carbonyl (C=O) groups excluding carboxylic acids is 1. The zero-order valence-corrected chi connectivity index (χ0v) is 7.38. The van der Waals surface area contributed by atoms with Gasteiger partial charge in [0, 0.05) is 0 Å². The minimum absolute atomic E-state index is 0.306. The predicted octanol–water partition coefficient (Wildman–Crippen LogP) is 1.87. The van der Waals surface area contributed by atoms with Crippen molar-refractivity contribution in [3.8, 4) is 0 Å². The highest BCUT2D eigenvalue weighted by molar-refractivity contribution is 6.00. The van der Waals surface area contributed by atoms with Gasteiger partial charge < -0.3 is 10.2 Å². The molecule has 0 amide bonds. The molecule has 1 rings (SSSR count). The Kier molecular flexibility index (Phi) is 1.75. The highest BCUT2D eigenvalue weighted by Crippen LogP contribution is 2.31. The summed E-state index contributed by atoms with van der Waals surface area (Å²) in [7, 11) is 0. The number of Topliss-reactive ketones (excluding diaryl/α,β-unsaturated/α-hetero) is 1. The number of aliphatic hydroxyl groups excluding tert-OH is 2. The van der Waals surface area contributed by atoms with E-state index in [1.54, 1.807) is 26.8 Å². The van der Waals surface area contributed by atoms with Gasteiger partial charge in [0.1, 0.15) is 0 Å². The molecule has 1 aliphatic carbocycles. The summed E-state index contributed by atoms with van der Waals surface area (Å²) in [5.74, 6) is -1.27. The molecule has 0 saturated carbocycles. The molecule has 3 heteroatoms. The van der Waals surface area contributed by atoms with Crippen molar-refractivity contribution in [2.45, 2.75) is 20.8 Å². The molecule has 0 spiro atoms. The number of carbonyl (C=O) groups is 1. The van der Waals surface area contributed by atoms with Gasteiger partial charge in [-0.15, -0.1) is 0 Å². The Bertz CT molecular complexity index is 295. The fourth-order valence-corrected chi connectivity index (χ4v) is 1.27. The number of hydrogen-bond acceptors (Lipinski definition) is 3. The molecule has 0 heterocycles. The number of rotatable bonds is 0. The van der Waals surface area contributed by atoms with Crippen LogP contribution in [0.15, 0.2) is 23.2 Å². The topological polar surface area (TPSA) is 57.5 Å². The second kappa shape index (κ2) is 2.37. The summed E-state index contributed by atoms with van der Waals surface area (Å²) >= 11 is 0. The van der Waals surface area contributed by atoms with Gasteiger partial charge in [-0.05, 0) is 26.3 Å². The van der Waals surface area contributed by atoms with Crippen molar-refractivity contribution in [3.05, 3.63) is 23.2 Å². The van der Waals surface area contributed by atoms with Gasteiger partial charge in [0.05, 0.1) is 5.41 Å². The van der Waals surface area contributed by atoms with Gasteiger partial charge in [-0.1, -0.05) is 6.08 Å². The van der Waals surface area contributed by atoms with Crippen LogP contribution in [-0.4, -0.2) is 16.0 Å². The third-order valence-electron chi connectivity index (χ3n) is 1.98. The van der Waals surface area contributed by atoms with Crippen molar-refractivity contribution in [3.63, 3.8) is 0 Å². The molecule has 2 N–H and O–H groups in total. The van der Waals surface area contributed by atoms with Crippen molar-refractivity contribution >= 4 is 5.78 Å². The van der Waals surface area contributed by atoms with Crippen LogP contribution < -0.4 is 0 Å². The number of aliphatic hydroxyl groups is 2. The van der Waals surface area contributed by atoms with Gasteiger partial charge in [-0.25, -0.2) is 0 Å². The molecule has 12 heavy (non-hydrogen) atoms. The van der Waals surface area contributed by atoms with E-state index in [1.165, 1.54) is 0 Å². The standard InChI is InChI=1S/C9H12O3/c1-5-4-9(2,3)8(12)7(11)6(5)10/h4,10-11H,1-3H3. The lowest BCUT2D eigenvalue weighted by molar-refractivity contribution is -0.124. The third kappa shape index (κ3) is 1.11. The first-order valence-corrected chi connectivity index (χ1v) is 3.73. The lowest BCUT2D eigenvalue weighted by Crippen LogP contribution is -2.28. The number of hydrogen-bond donors (Lipinski definition) is 2. The van der Waals surface area contributed by atoms with Gasteiger partial charge in [0.15, 0.2) is 5.76 Å². The average molecular weight is 168 g/mol. The fraction of sp³-hybridized carbons (Fsp3) is 0.444. The van der Waals surface area contributed by atoms with E-state index < -0.39 is 17.0 Å². The molecule has 0 aliphatic heterocycles. The van der Waals surface area contributed by atoms with E-state index in [-0.39, 0.29) is 5.76 Å². The maximum Gasteiger partial charge on any atom is 0.210 e. The molecule has 0 bridgehead atoms. The van der Waals surface area contributed by atoms with Crippen LogP contribution in [0.3, 0.4) is 0 Å². The first kappa shape index (κ1) is 8.84. The van der Waals surface area contributed by atoms with Crippen molar-refractivity contribution in [2.24, 2.45) is 5.41 Å². The Hall–Kier alpha value is -1.25. The fourth-order valence-electron chi connectivity index (χ4n) is 1.27.